The van der Waals surface area contributed by atoms with Crippen LogP contribution in [-0.4, -0.2) is 17.3 Å². The molecule has 1 N–H and O–H groups in total. The van der Waals surface area contributed by atoms with Gasteiger partial charge in [0.05, 0.1) is 17.3 Å². The summed E-state index contributed by atoms with van der Waals surface area (Å²) in [5.41, 5.74) is -0.910. The summed E-state index contributed by atoms with van der Waals surface area (Å²) in [7, 11) is 0. The minimum atomic E-state index is -4.89. The number of carbonyl (C=O) groups excluding carboxylic acids is 1. The molecular weight excluding hydrogens is 519 g/mol. The van der Waals surface area contributed by atoms with Crippen molar-refractivity contribution in [3.8, 4) is 5.75 Å². The fourth-order valence-corrected chi connectivity index (χ4v) is 3.99. The third-order valence-corrected chi connectivity index (χ3v) is 5.83. The van der Waals surface area contributed by atoms with E-state index in [0.29, 0.717) is 11.1 Å². The van der Waals surface area contributed by atoms with Crippen LogP contribution in [0.5, 0.6) is 5.75 Å². The van der Waals surface area contributed by atoms with E-state index < -0.39 is 47.3 Å². The first-order chi connectivity index (χ1) is 17.6. The van der Waals surface area contributed by atoms with E-state index in [1.807, 2.05) is 0 Å². The number of alkyl halides is 6. The monoisotopic (exact) mass is 539 g/mol. The Bertz CT molecular complexity index is 1330. The van der Waals surface area contributed by atoms with Crippen LogP contribution >= 0.6 is 0 Å². The normalized spacial score (nSPS) is 16.4. The second kappa shape index (κ2) is 9.66. The quantitative estimate of drug-likeness (QED) is 0.357. The standard InChI is InChI=1S/C26H20F7N3O2/c1-24(2,16-5-12-22(34-14-16)25(28,29)30)35-20-13-21(15-3-6-17(27)7-4-15)36(23(20)37)18-8-10-19(11-9-18)38-26(31,32)33/h3-14,21,35H,1-2H3. The van der Waals surface area contributed by atoms with Gasteiger partial charge in [-0.3, -0.25) is 14.7 Å². The molecule has 0 spiro atoms. The summed E-state index contributed by atoms with van der Waals surface area (Å²) in [6, 6.07) is 11.3. The third kappa shape index (κ3) is 5.90. The summed E-state index contributed by atoms with van der Waals surface area (Å²) in [5, 5.41) is 3.03. The Morgan fingerprint density at radius 1 is 0.895 bits per heavy atom. The van der Waals surface area contributed by atoms with Crippen LogP contribution in [0.4, 0.5) is 36.4 Å². The Balaban J connectivity index is 1.65. The predicted molar refractivity (Wildman–Crippen MR) is 123 cm³/mol. The smallest absolute Gasteiger partial charge is 0.406 e. The summed E-state index contributed by atoms with van der Waals surface area (Å²) in [4.78, 5) is 18.3. The largest absolute Gasteiger partial charge is 0.573 e. The Labute approximate surface area is 212 Å². The van der Waals surface area contributed by atoms with Crippen LogP contribution in [0.3, 0.4) is 0 Å². The van der Waals surface area contributed by atoms with Gasteiger partial charge in [0.25, 0.3) is 5.91 Å². The highest BCUT2D eigenvalue weighted by atomic mass is 19.4. The number of halogens is 7. The minimum absolute atomic E-state index is 0.0832. The number of ether oxygens (including phenoxy) is 1. The van der Waals surface area contributed by atoms with Crippen LogP contribution in [0.2, 0.25) is 0 Å². The summed E-state index contributed by atoms with van der Waals surface area (Å²) < 4.78 is 93.8. The van der Waals surface area contributed by atoms with Crippen molar-refractivity contribution in [2.75, 3.05) is 4.90 Å². The van der Waals surface area contributed by atoms with E-state index in [1.54, 1.807) is 19.9 Å². The first-order valence-corrected chi connectivity index (χ1v) is 11.1. The lowest BCUT2D eigenvalue weighted by Crippen LogP contribution is -2.40. The summed E-state index contributed by atoms with van der Waals surface area (Å²) in [6.45, 7) is 3.29. The van der Waals surface area contributed by atoms with Gasteiger partial charge in [-0.15, -0.1) is 13.2 Å². The Hall–Kier alpha value is -4.09. The number of pyridine rings is 1. The average Bonchev–Trinajstić information content (AvgIpc) is 3.14. The molecule has 1 aliphatic rings. The number of anilines is 1. The van der Waals surface area contributed by atoms with Gasteiger partial charge >= 0.3 is 12.5 Å². The van der Waals surface area contributed by atoms with Crippen LogP contribution in [0.15, 0.2) is 78.6 Å². The van der Waals surface area contributed by atoms with E-state index in [4.69, 9.17) is 0 Å². The summed E-state index contributed by atoms with van der Waals surface area (Å²) in [5.74, 6) is -1.54. The van der Waals surface area contributed by atoms with E-state index in [0.717, 1.165) is 24.4 Å². The molecule has 38 heavy (non-hydrogen) atoms. The number of aromatic nitrogens is 1. The highest BCUT2D eigenvalue weighted by molar-refractivity contribution is 6.09. The van der Waals surface area contributed by atoms with Gasteiger partial charge in [0.15, 0.2) is 0 Å². The topological polar surface area (TPSA) is 54.5 Å². The van der Waals surface area contributed by atoms with Crippen LogP contribution < -0.4 is 15.0 Å². The lowest BCUT2D eigenvalue weighted by atomic mass is 9.95. The van der Waals surface area contributed by atoms with Crippen molar-refractivity contribution in [3.05, 3.63) is 101 Å². The van der Waals surface area contributed by atoms with Crippen molar-refractivity contribution < 1.29 is 40.3 Å². The van der Waals surface area contributed by atoms with Gasteiger partial charge in [-0.05, 0) is 73.5 Å². The summed E-state index contributed by atoms with van der Waals surface area (Å²) in [6.07, 6.45) is -6.89. The van der Waals surface area contributed by atoms with Gasteiger partial charge in [0.2, 0.25) is 0 Å². The van der Waals surface area contributed by atoms with Gasteiger partial charge in [0, 0.05) is 11.9 Å². The molecule has 2 aromatic carbocycles. The number of carbonyl (C=O) groups is 1. The molecule has 3 aromatic rings. The van der Waals surface area contributed by atoms with Crippen molar-refractivity contribution in [1.29, 1.82) is 0 Å². The Morgan fingerprint density at radius 2 is 1.53 bits per heavy atom. The lowest BCUT2D eigenvalue weighted by Gasteiger charge is -2.29. The fourth-order valence-electron chi connectivity index (χ4n) is 3.99. The number of nitrogens with one attached hydrogen (secondary N) is 1. The van der Waals surface area contributed by atoms with E-state index in [2.05, 4.69) is 15.0 Å². The van der Waals surface area contributed by atoms with Crippen molar-refractivity contribution in [3.63, 3.8) is 0 Å². The molecule has 1 aliphatic heterocycles. The van der Waals surface area contributed by atoms with Crippen molar-refractivity contribution >= 4 is 11.6 Å². The molecule has 1 aromatic heterocycles. The number of benzene rings is 2. The molecule has 0 fully saturated rings. The number of nitrogens with zero attached hydrogens (tertiary/aromatic N) is 2. The molecule has 2 heterocycles. The molecule has 0 bridgehead atoms. The molecule has 5 nitrogen and oxygen atoms in total. The van der Waals surface area contributed by atoms with Crippen LogP contribution in [-0.2, 0) is 16.5 Å². The molecule has 12 heteroatoms. The van der Waals surface area contributed by atoms with E-state index >= 15 is 0 Å². The first-order valence-electron chi connectivity index (χ1n) is 11.1. The number of amides is 1. The Kier molecular flexibility index (Phi) is 6.85. The minimum Gasteiger partial charge on any atom is -0.406 e. The molecule has 0 saturated carbocycles. The molecule has 4 rings (SSSR count). The maximum absolute atomic E-state index is 13.5. The molecule has 1 unspecified atom stereocenters. The molecule has 0 aliphatic carbocycles. The van der Waals surface area contributed by atoms with Crippen molar-refractivity contribution in [2.24, 2.45) is 0 Å². The summed E-state index contributed by atoms with van der Waals surface area (Å²) >= 11 is 0. The predicted octanol–water partition coefficient (Wildman–Crippen LogP) is 6.63. The second-order valence-corrected chi connectivity index (χ2v) is 8.97. The van der Waals surface area contributed by atoms with Crippen molar-refractivity contribution in [2.45, 2.75) is 38.0 Å². The molecular formula is C26H20F7N3O2. The Morgan fingerprint density at radius 3 is 2.05 bits per heavy atom. The number of rotatable bonds is 6. The van der Waals surface area contributed by atoms with E-state index in [-0.39, 0.29) is 11.4 Å². The number of hydrogen-bond donors (Lipinski definition) is 1. The highest BCUT2D eigenvalue weighted by Crippen LogP contribution is 2.38. The van der Waals surface area contributed by atoms with Crippen LogP contribution in [0, 0.1) is 5.82 Å². The van der Waals surface area contributed by atoms with E-state index in [1.165, 1.54) is 47.4 Å². The number of hydrogen-bond acceptors (Lipinski definition) is 4. The highest BCUT2D eigenvalue weighted by Gasteiger charge is 2.38. The van der Waals surface area contributed by atoms with Crippen molar-refractivity contribution in [1.82, 2.24) is 10.3 Å². The van der Waals surface area contributed by atoms with Crippen LogP contribution in [0.1, 0.15) is 36.7 Å². The zero-order valence-corrected chi connectivity index (χ0v) is 19.9. The third-order valence-electron chi connectivity index (χ3n) is 5.83. The molecule has 200 valence electrons. The molecule has 1 atom stereocenters. The average molecular weight is 539 g/mol. The first kappa shape index (κ1) is 27.0. The van der Waals surface area contributed by atoms with Crippen LogP contribution in [0.25, 0.3) is 0 Å². The van der Waals surface area contributed by atoms with E-state index in [9.17, 15) is 35.5 Å². The lowest BCUT2D eigenvalue weighted by molar-refractivity contribution is -0.274. The zero-order chi connectivity index (χ0) is 27.9. The maximum Gasteiger partial charge on any atom is 0.573 e. The maximum atomic E-state index is 13.5. The van der Waals surface area contributed by atoms with Gasteiger partial charge < -0.3 is 10.1 Å². The second-order valence-electron chi connectivity index (χ2n) is 8.97. The molecule has 0 radical (unpaired) electrons. The fraction of sp³-hybridized carbons (Fsp3) is 0.231. The zero-order valence-electron chi connectivity index (χ0n) is 19.9. The SMILES string of the molecule is CC(C)(NC1=CC(c2ccc(F)cc2)N(c2ccc(OC(F)(F)F)cc2)C1=O)c1ccc(C(F)(F)F)nc1. The molecule has 0 saturated heterocycles. The van der Waals surface area contributed by atoms with Gasteiger partial charge in [-0.1, -0.05) is 18.2 Å². The van der Waals surface area contributed by atoms with Gasteiger partial charge in [-0.2, -0.15) is 13.2 Å². The van der Waals surface area contributed by atoms with Gasteiger partial charge in [-0.25, -0.2) is 4.39 Å². The molecule has 1 amide bonds. The van der Waals surface area contributed by atoms with Gasteiger partial charge in [0.1, 0.15) is 17.3 Å².